The number of rotatable bonds is 2. The van der Waals surface area contributed by atoms with Gasteiger partial charge in [0.25, 0.3) is 0 Å². The Kier molecular flexibility index (Phi) is 2.92. The van der Waals surface area contributed by atoms with Crippen LogP contribution in [0.25, 0.3) is 0 Å². The minimum absolute atomic E-state index is 0.00324. The van der Waals surface area contributed by atoms with Crippen LogP contribution < -0.4 is 5.73 Å². The van der Waals surface area contributed by atoms with E-state index in [1.54, 1.807) is 0 Å². The van der Waals surface area contributed by atoms with Crippen LogP contribution in [0.5, 0.6) is 0 Å². The summed E-state index contributed by atoms with van der Waals surface area (Å²) in [5.74, 6) is -0.701. The Hall–Kier alpha value is -0.620. The van der Waals surface area contributed by atoms with Crippen molar-refractivity contribution in [2.45, 2.75) is 12.5 Å². The second-order valence-corrected chi connectivity index (χ2v) is 5.43. The van der Waals surface area contributed by atoms with E-state index in [0.29, 0.717) is 0 Å². The summed E-state index contributed by atoms with van der Waals surface area (Å²) in [5, 5.41) is 0. The lowest BCUT2D eigenvalue weighted by atomic mass is 10.0. The van der Waals surface area contributed by atoms with Crippen molar-refractivity contribution >= 4 is 15.8 Å². The van der Waals surface area contributed by atoms with Gasteiger partial charge in [-0.05, 0) is 5.92 Å². The number of carbonyl (C=O) groups excluding carboxylic acids is 1. The summed E-state index contributed by atoms with van der Waals surface area (Å²) < 4.78 is 26.6. The van der Waals surface area contributed by atoms with Crippen LogP contribution in [0.3, 0.4) is 0 Å². The Morgan fingerprint density at radius 1 is 1.54 bits per heavy atom. The fourth-order valence-corrected chi connectivity index (χ4v) is 3.47. The number of carbonyl (C=O) groups is 1. The standard InChI is InChI=1S/C7H13NO4S/c1-12-7(9)2-5-3-13(10,11)4-6(5)8/h5-6H,2-4,8H2,1H3/t5-,6-/m0/s1. The van der Waals surface area contributed by atoms with Crippen LogP contribution in [0.1, 0.15) is 6.42 Å². The summed E-state index contributed by atoms with van der Waals surface area (Å²) in [6.45, 7) is 0. The molecule has 0 aliphatic carbocycles. The number of hydrogen-bond donors (Lipinski definition) is 1. The van der Waals surface area contributed by atoms with Gasteiger partial charge in [0.05, 0.1) is 25.0 Å². The molecule has 13 heavy (non-hydrogen) atoms. The summed E-state index contributed by atoms with van der Waals surface area (Å²) in [4.78, 5) is 10.9. The van der Waals surface area contributed by atoms with Crippen molar-refractivity contribution in [3.05, 3.63) is 0 Å². The molecular weight excluding hydrogens is 194 g/mol. The van der Waals surface area contributed by atoms with Crippen LogP contribution >= 0.6 is 0 Å². The van der Waals surface area contributed by atoms with Crippen molar-refractivity contribution in [2.24, 2.45) is 11.7 Å². The maximum absolute atomic E-state index is 11.1. The average Bonchev–Trinajstić information content (AvgIpc) is 2.24. The summed E-state index contributed by atoms with van der Waals surface area (Å²) in [7, 11) is -1.76. The molecular formula is C7H13NO4S. The van der Waals surface area contributed by atoms with Gasteiger partial charge in [0.15, 0.2) is 9.84 Å². The molecule has 1 heterocycles. The van der Waals surface area contributed by atoms with Crippen molar-refractivity contribution in [3.8, 4) is 0 Å². The largest absolute Gasteiger partial charge is 0.469 e. The van der Waals surface area contributed by atoms with Crippen LogP contribution in [0.15, 0.2) is 0 Å². The minimum Gasteiger partial charge on any atom is -0.469 e. The van der Waals surface area contributed by atoms with Crippen LogP contribution in [0, 0.1) is 5.92 Å². The van der Waals surface area contributed by atoms with Gasteiger partial charge in [-0.15, -0.1) is 0 Å². The van der Waals surface area contributed by atoms with Crippen molar-refractivity contribution in [2.75, 3.05) is 18.6 Å². The van der Waals surface area contributed by atoms with E-state index < -0.39 is 21.8 Å². The molecule has 0 spiro atoms. The zero-order valence-electron chi connectivity index (χ0n) is 7.39. The van der Waals surface area contributed by atoms with Gasteiger partial charge in [-0.25, -0.2) is 8.42 Å². The van der Waals surface area contributed by atoms with Gasteiger partial charge in [0.2, 0.25) is 0 Å². The van der Waals surface area contributed by atoms with Crippen LogP contribution in [-0.4, -0.2) is 39.0 Å². The highest BCUT2D eigenvalue weighted by molar-refractivity contribution is 7.91. The van der Waals surface area contributed by atoms with Gasteiger partial charge in [0.1, 0.15) is 0 Å². The first kappa shape index (κ1) is 10.5. The third kappa shape index (κ3) is 2.67. The maximum Gasteiger partial charge on any atom is 0.305 e. The zero-order chi connectivity index (χ0) is 10.1. The molecule has 0 aromatic carbocycles. The lowest BCUT2D eigenvalue weighted by molar-refractivity contribution is -0.141. The van der Waals surface area contributed by atoms with Gasteiger partial charge in [-0.1, -0.05) is 0 Å². The second-order valence-electron chi connectivity index (χ2n) is 3.28. The molecule has 76 valence electrons. The lowest BCUT2D eigenvalue weighted by Crippen LogP contribution is -2.30. The number of esters is 1. The number of methoxy groups -OCH3 is 1. The van der Waals surface area contributed by atoms with Gasteiger partial charge in [-0.2, -0.15) is 0 Å². The molecule has 0 bridgehead atoms. The van der Waals surface area contributed by atoms with Crippen molar-refractivity contribution in [3.63, 3.8) is 0 Å². The third-order valence-electron chi connectivity index (χ3n) is 2.18. The molecule has 1 saturated heterocycles. The lowest BCUT2D eigenvalue weighted by Gasteiger charge is -2.10. The van der Waals surface area contributed by atoms with Gasteiger partial charge >= 0.3 is 5.97 Å². The molecule has 0 saturated carbocycles. The molecule has 1 rings (SSSR count). The highest BCUT2D eigenvalue weighted by Gasteiger charge is 2.36. The predicted octanol–water partition coefficient (Wildman–Crippen LogP) is -1.08. The van der Waals surface area contributed by atoms with Crippen molar-refractivity contribution in [1.82, 2.24) is 0 Å². The topological polar surface area (TPSA) is 86.5 Å². The molecule has 0 unspecified atom stereocenters. The van der Waals surface area contributed by atoms with Crippen LogP contribution in [0.4, 0.5) is 0 Å². The molecule has 2 atom stereocenters. The van der Waals surface area contributed by atoms with E-state index in [0.717, 1.165) is 0 Å². The number of nitrogens with two attached hydrogens (primary N) is 1. The highest BCUT2D eigenvalue weighted by atomic mass is 32.2. The first-order valence-electron chi connectivity index (χ1n) is 3.97. The zero-order valence-corrected chi connectivity index (χ0v) is 8.21. The molecule has 0 aromatic rings. The first-order chi connectivity index (χ1) is 5.94. The van der Waals surface area contributed by atoms with Gasteiger partial charge in [-0.3, -0.25) is 4.79 Å². The Labute approximate surface area is 77.2 Å². The maximum atomic E-state index is 11.1. The summed E-state index contributed by atoms with van der Waals surface area (Å²) in [6, 6.07) is -0.427. The fraction of sp³-hybridized carbons (Fsp3) is 0.857. The highest BCUT2D eigenvalue weighted by Crippen LogP contribution is 2.20. The Balaban J connectivity index is 2.59. The first-order valence-corrected chi connectivity index (χ1v) is 5.79. The predicted molar refractivity (Wildman–Crippen MR) is 46.8 cm³/mol. The van der Waals surface area contributed by atoms with E-state index in [4.69, 9.17) is 5.73 Å². The fourth-order valence-electron chi connectivity index (χ4n) is 1.45. The summed E-state index contributed by atoms with van der Waals surface area (Å²) >= 11 is 0. The Morgan fingerprint density at radius 2 is 2.15 bits per heavy atom. The van der Waals surface area contributed by atoms with Crippen molar-refractivity contribution < 1.29 is 17.9 Å². The van der Waals surface area contributed by atoms with Gasteiger partial charge in [0, 0.05) is 6.04 Å². The SMILES string of the molecule is COC(=O)C[C@H]1CS(=O)(=O)C[C@@H]1N. The van der Waals surface area contributed by atoms with Gasteiger partial charge < -0.3 is 10.5 Å². The summed E-state index contributed by atoms with van der Waals surface area (Å²) in [6.07, 6.45) is 0.0941. The molecule has 1 aliphatic heterocycles. The smallest absolute Gasteiger partial charge is 0.305 e. The second kappa shape index (κ2) is 3.63. The van der Waals surface area contributed by atoms with Crippen LogP contribution in [-0.2, 0) is 19.4 Å². The number of ether oxygens (including phenoxy) is 1. The number of hydrogen-bond acceptors (Lipinski definition) is 5. The van der Waals surface area contributed by atoms with Crippen molar-refractivity contribution in [1.29, 1.82) is 0 Å². The molecule has 6 heteroatoms. The summed E-state index contributed by atoms with van der Waals surface area (Å²) in [5.41, 5.74) is 5.57. The minimum atomic E-state index is -3.03. The average molecular weight is 207 g/mol. The third-order valence-corrected chi connectivity index (χ3v) is 4.01. The molecule has 0 radical (unpaired) electrons. The number of sulfone groups is 1. The van der Waals surface area contributed by atoms with E-state index in [9.17, 15) is 13.2 Å². The van der Waals surface area contributed by atoms with E-state index in [2.05, 4.69) is 4.74 Å². The molecule has 5 nitrogen and oxygen atoms in total. The van der Waals surface area contributed by atoms with E-state index in [1.807, 2.05) is 0 Å². The molecule has 1 fully saturated rings. The van der Waals surface area contributed by atoms with E-state index in [1.165, 1.54) is 7.11 Å². The Bertz CT molecular complexity index is 298. The quantitative estimate of drug-likeness (QED) is 0.582. The molecule has 0 aromatic heterocycles. The Morgan fingerprint density at radius 3 is 2.54 bits per heavy atom. The normalized spacial score (nSPS) is 31.5. The monoisotopic (exact) mass is 207 g/mol. The van der Waals surface area contributed by atoms with E-state index in [-0.39, 0.29) is 23.8 Å². The molecule has 0 amide bonds. The van der Waals surface area contributed by atoms with E-state index >= 15 is 0 Å². The molecule has 2 N–H and O–H groups in total. The van der Waals surface area contributed by atoms with Crippen LogP contribution in [0.2, 0.25) is 0 Å². The molecule has 1 aliphatic rings.